The minimum atomic E-state index is -0.146. The number of hydrogen-bond acceptors (Lipinski definition) is 3. The van der Waals surface area contributed by atoms with Gasteiger partial charge in [0.1, 0.15) is 0 Å². The van der Waals surface area contributed by atoms with Crippen molar-refractivity contribution < 1.29 is 4.79 Å². The molecule has 0 saturated heterocycles. The molecule has 0 radical (unpaired) electrons. The summed E-state index contributed by atoms with van der Waals surface area (Å²) in [7, 11) is 1.64. The van der Waals surface area contributed by atoms with E-state index < -0.39 is 0 Å². The first kappa shape index (κ1) is 13.4. The number of carbonyl (C=O) groups is 1. The highest BCUT2D eigenvalue weighted by molar-refractivity contribution is 5.80. The van der Waals surface area contributed by atoms with Gasteiger partial charge >= 0.3 is 0 Å². The van der Waals surface area contributed by atoms with Crippen LogP contribution in [0.2, 0.25) is 0 Å². The van der Waals surface area contributed by atoms with Crippen molar-refractivity contribution in [3.05, 3.63) is 0 Å². The fraction of sp³-hybridized carbons (Fsp3) is 0.900. The van der Waals surface area contributed by atoms with Gasteiger partial charge < -0.3 is 16.4 Å². The summed E-state index contributed by atoms with van der Waals surface area (Å²) in [5.41, 5.74) is 5.63. The van der Waals surface area contributed by atoms with Gasteiger partial charge in [-0.05, 0) is 25.3 Å². The molecule has 0 rings (SSSR count). The zero-order valence-electron chi connectivity index (χ0n) is 9.63. The van der Waals surface area contributed by atoms with Crippen LogP contribution in [0.3, 0.4) is 0 Å². The Bertz CT molecular complexity index is 171. The molecule has 0 saturated carbocycles. The van der Waals surface area contributed by atoms with E-state index in [9.17, 15) is 4.79 Å². The van der Waals surface area contributed by atoms with Gasteiger partial charge in [-0.15, -0.1) is 0 Å². The maximum Gasteiger partial charge on any atom is 0.236 e. The summed E-state index contributed by atoms with van der Waals surface area (Å²) in [6.45, 7) is 7.59. The van der Waals surface area contributed by atoms with Crippen LogP contribution >= 0.6 is 0 Å². The monoisotopic (exact) mass is 201 g/mol. The third kappa shape index (κ3) is 4.58. The summed E-state index contributed by atoms with van der Waals surface area (Å²) in [6.07, 6.45) is 0. The minimum Gasteiger partial charge on any atom is -0.358 e. The Balaban J connectivity index is 3.85. The first-order chi connectivity index (χ1) is 6.52. The molecule has 0 aliphatic rings. The lowest BCUT2D eigenvalue weighted by Gasteiger charge is -2.21. The van der Waals surface area contributed by atoms with Gasteiger partial charge in [-0.25, -0.2) is 0 Å². The molecule has 4 N–H and O–H groups in total. The van der Waals surface area contributed by atoms with Crippen LogP contribution in [0.4, 0.5) is 0 Å². The smallest absolute Gasteiger partial charge is 0.236 e. The van der Waals surface area contributed by atoms with Crippen LogP contribution in [0.15, 0.2) is 0 Å². The number of hydrogen-bond donors (Lipinski definition) is 3. The lowest BCUT2D eigenvalue weighted by atomic mass is 9.96. The Labute approximate surface area is 86.6 Å². The molecule has 0 aliphatic carbocycles. The summed E-state index contributed by atoms with van der Waals surface area (Å²) in [4.78, 5) is 11.2. The predicted octanol–water partition coefficient (Wildman–Crippen LogP) is -0.0586. The van der Waals surface area contributed by atoms with Crippen LogP contribution in [0.5, 0.6) is 0 Å². The Hall–Kier alpha value is -0.610. The third-order valence-corrected chi connectivity index (χ3v) is 2.57. The molecule has 0 spiro atoms. The number of likely N-dealkylation sites (N-methyl/N-ethyl adjacent to an activating group) is 1. The van der Waals surface area contributed by atoms with Crippen molar-refractivity contribution in [2.45, 2.75) is 26.8 Å². The summed E-state index contributed by atoms with van der Waals surface area (Å²) < 4.78 is 0. The van der Waals surface area contributed by atoms with E-state index in [1.165, 1.54) is 0 Å². The van der Waals surface area contributed by atoms with Gasteiger partial charge in [0.15, 0.2) is 0 Å². The molecule has 0 fully saturated rings. The van der Waals surface area contributed by atoms with Gasteiger partial charge in [0, 0.05) is 13.6 Å². The standard InChI is InChI=1S/C10H23N3O/c1-7(2)9(5-11)6-13-8(3)10(14)12-4/h7-9,13H,5-6,11H2,1-4H3,(H,12,14). The Morgan fingerprint density at radius 1 is 1.36 bits per heavy atom. The molecule has 0 bridgehead atoms. The first-order valence-electron chi connectivity index (χ1n) is 5.18. The van der Waals surface area contributed by atoms with E-state index in [1.807, 2.05) is 6.92 Å². The lowest BCUT2D eigenvalue weighted by molar-refractivity contribution is -0.122. The molecule has 4 heteroatoms. The minimum absolute atomic E-state index is 0.0181. The maximum absolute atomic E-state index is 11.2. The highest BCUT2D eigenvalue weighted by atomic mass is 16.2. The van der Waals surface area contributed by atoms with E-state index in [0.717, 1.165) is 6.54 Å². The van der Waals surface area contributed by atoms with E-state index in [1.54, 1.807) is 7.05 Å². The molecule has 0 aromatic heterocycles. The molecule has 0 aliphatic heterocycles. The SMILES string of the molecule is CNC(=O)C(C)NCC(CN)C(C)C. The van der Waals surface area contributed by atoms with Gasteiger partial charge in [-0.2, -0.15) is 0 Å². The van der Waals surface area contributed by atoms with Crippen LogP contribution in [0.25, 0.3) is 0 Å². The second-order valence-corrected chi connectivity index (χ2v) is 3.98. The number of nitrogens with one attached hydrogen (secondary N) is 2. The van der Waals surface area contributed by atoms with Crippen molar-refractivity contribution in [1.29, 1.82) is 0 Å². The Morgan fingerprint density at radius 2 is 1.93 bits per heavy atom. The molecule has 0 heterocycles. The van der Waals surface area contributed by atoms with E-state index >= 15 is 0 Å². The molecule has 2 atom stereocenters. The van der Waals surface area contributed by atoms with Crippen molar-refractivity contribution in [2.75, 3.05) is 20.1 Å². The van der Waals surface area contributed by atoms with Gasteiger partial charge in [-0.3, -0.25) is 4.79 Å². The van der Waals surface area contributed by atoms with Crippen molar-refractivity contribution >= 4 is 5.91 Å². The normalized spacial score (nSPS) is 15.3. The van der Waals surface area contributed by atoms with Gasteiger partial charge in [0.25, 0.3) is 0 Å². The Kier molecular flexibility index (Phi) is 6.49. The molecule has 2 unspecified atom stereocenters. The number of nitrogens with two attached hydrogens (primary N) is 1. The zero-order chi connectivity index (χ0) is 11.1. The molecular weight excluding hydrogens is 178 g/mol. The van der Waals surface area contributed by atoms with Crippen molar-refractivity contribution in [3.8, 4) is 0 Å². The van der Waals surface area contributed by atoms with E-state index in [2.05, 4.69) is 24.5 Å². The van der Waals surface area contributed by atoms with Crippen LogP contribution in [-0.2, 0) is 4.79 Å². The van der Waals surface area contributed by atoms with Gasteiger partial charge in [0.2, 0.25) is 5.91 Å². The molecule has 0 aromatic rings. The zero-order valence-corrected chi connectivity index (χ0v) is 9.63. The lowest BCUT2D eigenvalue weighted by Crippen LogP contribution is -2.44. The molecular formula is C10H23N3O. The first-order valence-corrected chi connectivity index (χ1v) is 5.18. The highest BCUT2D eigenvalue weighted by Crippen LogP contribution is 2.07. The second kappa shape index (κ2) is 6.79. The fourth-order valence-electron chi connectivity index (χ4n) is 1.23. The van der Waals surface area contributed by atoms with E-state index in [4.69, 9.17) is 5.73 Å². The average Bonchev–Trinajstić information content (AvgIpc) is 2.16. The van der Waals surface area contributed by atoms with Crippen LogP contribution in [0, 0.1) is 11.8 Å². The largest absolute Gasteiger partial charge is 0.358 e. The van der Waals surface area contributed by atoms with Gasteiger partial charge in [-0.1, -0.05) is 13.8 Å². The second-order valence-electron chi connectivity index (χ2n) is 3.98. The van der Waals surface area contributed by atoms with E-state index in [0.29, 0.717) is 18.4 Å². The number of carbonyl (C=O) groups excluding carboxylic acids is 1. The average molecular weight is 201 g/mol. The molecule has 14 heavy (non-hydrogen) atoms. The molecule has 4 nitrogen and oxygen atoms in total. The summed E-state index contributed by atoms with van der Waals surface area (Å²) in [5, 5.41) is 5.78. The van der Waals surface area contributed by atoms with Crippen molar-refractivity contribution in [2.24, 2.45) is 17.6 Å². The van der Waals surface area contributed by atoms with Crippen molar-refractivity contribution in [3.63, 3.8) is 0 Å². The number of amides is 1. The topological polar surface area (TPSA) is 67.2 Å². The number of rotatable bonds is 6. The third-order valence-electron chi connectivity index (χ3n) is 2.57. The summed E-state index contributed by atoms with van der Waals surface area (Å²) in [6, 6.07) is -0.146. The fourth-order valence-corrected chi connectivity index (χ4v) is 1.23. The van der Waals surface area contributed by atoms with Crippen LogP contribution in [-0.4, -0.2) is 32.1 Å². The Morgan fingerprint density at radius 3 is 2.29 bits per heavy atom. The predicted molar refractivity (Wildman–Crippen MR) is 58.9 cm³/mol. The van der Waals surface area contributed by atoms with E-state index in [-0.39, 0.29) is 11.9 Å². The molecule has 1 amide bonds. The molecule has 0 aromatic carbocycles. The molecule has 84 valence electrons. The summed E-state index contributed by atoms with van der Waals surface area (Å²) >= 11 is 0. The maximum atomic E-state index is 11.2. The van der Waals surface area contributed by atoms with Crippen LogP contribution < -0.4 is 16.4 Å². The quantitative estimate of drug-likeness (QED) is 0.564. The van der Waals surface area contributed by atoms with Crippen LogP contribution in [0.1, 0.15) is 20.8 Å². The highest BCUT2D eigenvalue weighted by Gasteiger charge is 2.15. The summed E-state index contributed by atoms with van der Waals surface area (Å²) in [5.74, 6) is 0.996. The van der Waals surface area contributed by atoms with Crippen molar-refractivity contribution in [1.82, 2.24) is 10.6 Å². The van der Waals surface area contributed by atoms with Gasteiger partial charge in [0.05, 0.1) is 6.04 Å².